The number of nitrogens with zero attached hydrogens (tertiary/aromatic N) is 2. The quantitative estimate of drug-likeness (QED) is 0.339. The Hall–Kier alpha value is -4.41. The molecule has 4 aromatic rings. The number of aromatic nitrogens is 1. The molecular formula is C29H24ClN3O4. The van der Waals surface area contributed by atoms with E-state index in [4.69, 9.17) is 16.3 Å². The molecule has 1 heterocycles. The van der Waals surface area contributed by atoms with Gasteiger partial charge in [-0.2, -0.15) is 5.26 Å². The van der Waals surface area contributed by atoms with Crippen molar-refractivity contribution in [2.24, 2.45) is 0 Å². The number of nitriles is 1. The highest BCUT2D eigenvalue weighted by Gasteiger charge is 2.28. The number of esters is 1. The minimum absolute atomic E-state index is 0.0149. The van der Waals surface area contributed by atoms with Crippen LogP contribution in [0.3, 0.4) is 0 Å². The molecule has 4 rings (SSSR count). The Balaban J connectivity index is 1.92. The fourth-order valence-corrected chi connectivity index (χ4v) is 4.44. The highest BCUT2D eigenvalue weighted by atomic mass is 35.5. The molecule has 1 N–H and O–H groups in total. The van der Waals surface area contributed by atoms with E-state index < -0.39 is 23.5 Å². The summed E-state index contributed by atoms with van der Waals surface area (Å²) in [7, 11) is 0. The van der Waals surface area contributed by atoms with Gasteiger partial charge in [-0.3, -0.25) is 19.0 Å². The summed E-state index contributed by atoms with van der Waals surface area (Å²) in [6.45, 7) is 1.98. The maximum absolute atomic E-state index is 13.9. The second-order valence-corrected chi connectivity index (χ2v) is 8.66. The summed E-state index contributed by atoms with van der Waals surface area (Å²) in [6.07, 6.45) is -0.0149. The molecule has 3 aromatic carbocycles. The van der Waals surface area contributed by atoms with Crippen LogP contribution in [0.1, 0.15) is 30.5 Å². The molecule has 186 valence electrons. The van der Waals surface area contributed by atoms with Crippen molar-refractivity contribution in [1.29, 1.82) is 5.26 Å². The molecule has 1 aromatic heterocycles. The molecule has 1 unspecified atom stereocenters. The van der Waals surface area contributed by atoms with Crippen LogP contribution in [0.25, 0.3) is 22.0 Å². The van der Waals surface area contributed by atoms with Crippen LogP contribution < -0.4 is 10.9 Å². The van der Waals surface area contributed by atoms with Crippen LogP contribution in [0, 0.1) is 11.3 Å². The molecule has 8 heteroatoms. The van der Waals surface area contributed by atoms with Crippen LogP contribution in [-0.4, -0.2) is 29.6 Å². The number of hydrogen-bond acceptors (Lipinski definition) is 5. The number of amides is 1. The monoisotopic (exact) mass is 513 g/mol. The molecule has 0 radical (unpaired) electrons. The number of carbonyl (C=O) groups excluding carboxylic acids is 2. The highest BCUT2D eigenvalue weighted by molar-refractivity contribution is 6.30. The first-order valence-electron chi connectivity index (χ1n) is 11.8. The van der Waals surface area contributed by atoms with Crippen LogP contribution in [-0.2, 0) is 14.3 Å². The molecule has 0 saturated carbocycles. The Labute approximate surface area is 218 Å². The third-order valence-corrected chi connectivity index (χ3v) is 6.17. The number of benzene rings is 3. The van der Waals surface area contributed by atoms with Crippen molar-refractivity contribution < 1.29 is 14.3 Å². The van der Waals surface area contributed by atoms with E-state index >= 15 is 0 Å². The molecule has 7 nitrogen and oxygen atoms in total. The first-order chi connectivity index (χ1) is 18.0. The van der Waals surface area contributed by atoms with Gasteiger partial charge < -0.3 is 10.1 Å². The Morgan fingerprint density at radius 1 is 1.03 bits per heavy atom. The molecule has 0 aliphatic rings. The Morgan fingerprint density at radius 3 is 2.38 bits per heavy atom. The maximum atomic E-state index is 13.9. The average molecular weight is 514 g/mol. The van der Waals surface area contributed by atoms with E-state index in [1.807, 2.05) is 42.5 Å². The lowest BCUT2D eigenvalue weighted by Crippen LogP contribution is -2.39. The van der Waals surface area contributed by atoms with E-state index in [1.165, 1.54) is 4.57 Å². The van der Waals surface area contributed by atoms with Crippen LogP contribution >= 0.6 is 11.6 Å². The molecular weight excluding hydrogens is 490 g/mol. The van der Waals surface area contributed by atoms with Crippen molar-refractivity contribution in [1.82, 2.24) is 9.88 Å². The SMILES string of the molecule is CCOC(=O)CCNC(=O)C(c1ccc(Cl)cc1)n1c(=O)c(C#N)c(-c2ccccc2)c2ccccc21. The zero-order valence-electron chi connectivity index (χ0n) is 20.1. The Kier molecular flexibility index (Phi) is 8.02. The second-order valence-electron chi connectivity index (χ2n) is 8.22. The molecule has 1 amide bonds. The normalized spacial score (nSPS) is 11.5. The van der Waals surface area contributed by atoms with E-state index in [2.05, 4.69) is 11.4 Å². The van der Waals surface area contributed by atoms with Crippen LogP contribution in [0.2, 0.25) is 5.02 Å². The first kappa shape index (κ1) is 25.7. The summed E-state index contributed by atoms with van der Waals surface area (Å²) >= 11 is 6.09. The summed E-state index contributed by atoms with van der Waals surface area (Å²) in [5.74, 6) is -0.942. The van der Waals surface area contributed by atoms with Crippen molar-refractivity contribution in [3.8, 4) is 17.2 Å². The van der Waals surface area contributed by atoms with Crippen LogP contribution in [0.4, 0.5) is 0 Å². The number of hydrogen-bond donors (Lipinski definition) is 1. The van der Waals surface area contributed by atoms with Gasteiger partial charge in [0, 0.05) is 22.5 Å². The predicted molar refractivity (Wildman–Crippen MR) is 142 cm³/mol. The molecule has 0 saturated heterocycles. The number of halogens is 1. The van der Waals surface area contributed by atoms with Gasteiger partial charge >= 0.3 is 5.97 Å². The van der Waals surface area contributed by atoms with Crippen molar-refractivity contribution >= 4 is 34.4 Å². The number of ether oxygens (including phenoxy) is 1. The van der Waals surface area contributed by atoms with Gasteiger partial charge in [-0.1, -0.05) is 72.3 Å². The number of rotatable bonds is 8. The molecule has 0 aliphatic heterocycles. The van der Waals surface area contributed by atoms with Crippen molar-refractivity contribution in [2.45, 2.75) is 19.4 Å². The molecule has 37 heavy (non-hydrogen) atoms. The fourth-order valence-electron chi connectivity index (χ4n) is 4.31. The number of pyridine rings is 1. The average Bonchev–Trinajstić information content (AvgIpc) is 2.91. The summed E-state index contributed by atoms with van der Waals surface area (Å²) in [6, 6.07) is 23.9. The summed E-state index contributed by atoms with van der Waals surface area (Å²) in [5.41, 5.74) is 1.56. The Morgan fingerprint density at radius 2 is 1.70 bits per heavy atom. The smallest absolute Gasteiger partial charge is 0.307 e. The topological polar surface area (TPSA) is 101 Å². The minimum Gasteiger partial charge on any atom is -0.466 e. The van der Waals surface area contributed by atoms with Gasteiger partial charge in [0.25, 0.3) is 5.56 Å². The zero-order valence-corrected chi connectivity index (χ0v) is 20.9. The third-order valence-electron chi connectivity index (χ3n) is 5.92. The number of nitrogens with one attached hydrogen (secondary N) is 1. The maximum Gasteiger partial charge on any atom is 0.307 e. The van der Waals surface area contributed by atoms with Crippen LogP contribution in [0.15, 0.2) is 83.7 Å². The third kappa shape index (κ3) is 5.40. The van der Waals surface area contributed by atoms with E-state index in [0.717, 1.165) is 5.56 Å². The summed E-state index contributed by atoms with van der Waals surface area (Å²) in [5, 5.41) is 14.0. The Bertz CT molecular complexity index is 1540. The zero-order chi connectivity index (χ0) is 26.4. The van der Waals surface area contributed by atoms with Crippen LogP contribution in [0.5, 0.6) is 0 Å². The summed E-state index contributed by atoms with van der Waals surface area (Å²) in [4.78, 5) is 39.3. The van der Waals surface area contributed by atoms with Gasteiger partial charge in [0.15, 0.2) is 0 Å². The van der Waals surface area contributed by atoms with E-state index in [-0.39, 0.29) is 25.1 Å². The molecule has 0 fully saturated rings. The van der Waals surface area contributed by atoms with Gasteiger partial charge in [0.1, 0.15) is 17.7 Å². The van der Waals surface area contributed by atoms with Gasteiger partial charge in [-0.25, -0.2) is 0 Å². The summed E-state index contributed by atoms with van der Waals surface area (Å²) < 4.78 is 6.27. The predicted octanol–water partition coefficient (Wildman–Crippen LogP) is 4.85. The molecule has 0 aliphatic carbocycles. The number of para-hydroxylation sites is 1. The first-order valence-corrected chi connectivity index (χ1v) is 12.2. The van der Waals surface area contributed by atoms with Gasteiger partial charge in [0.2, 0.25) is 5.91 Å². The lowest BCUT2D eigenvalue weighted by Gasteiger charge is -2.24. The molecule has 0 bridgehead atoms. The largest absolute Gasteiger partial charge is 0.466 e. The van der Waals surface area contributed by atoms with Crippen molar-refractivity contribution in [3.63, 3.8) is 0 Å². The standard InChI is InChI=1S/C29H24ClN3O4/c1-2-37-25(34)16-17-32-28(35)27(20-12-14-21(30)15-13-20)33-24-11-7-6-10-22(24)26(23(18-31)29(33)36)19-8-4-3-5-9-19/h3-15,27H,2,16-17H2,1H3,(H,32,35). The number of carbonyl (C=O) groups is 2. The van der Waals surface area contributed by atoms with Gasteiger partial charge in [0.05, 0.1) is 18.5 Å². The molecule has 0 spiro atoms. The van der Waals surface area contributed by atoms with E-state index in [1.54, 1.807) is 43.3 Å². The highest BCUT2D eigenvalue weighted by Crippen LogP contribution is 2.32. The minimum atomic E-state index is -1.12. The van der Waals surface area contributed by atoms with Crippen molar-refractivity contribution in [2.75, 3.05) is 13.2 Å². The second kappa shape index (κ2) is 11.5. The fraction of sp³-hybridized carbons (Fsp3) is 0.172. The van der Waals surface area contributed by atoms with Gasteiger partial charge in [-0.15, -0.1) is 0 Å². The molecule has 1 atom stereocenters. The lowest BCUT2D eigenvalue weighted by atomic mass is 9.95. The van der Waals surface area contributed by atoms with E-state index in [9.17, 15) is 19.6 Å². The van der Waals surface area contributed by atoms with E-state index in [0.29, 0.717) is 27.1 Å². The number of fused-ring (bicyclic) bond motifs is 1. The van der Waals surface area contributed by atoms with Gasteiger partial charge in [-0.05, 0) is 36.2 Å². The van der Waals surface area contributed by atoms with Crippen molar-refractivity contribution in [3.05, 3.63) is 105 Å². The lowest BCUT2D eigenvalue weighted by molar-refractivity contribution is -0.143.